The van der Waals surface area contributed by atoms with Gasteiger partial charge in [-0.1, -0.05) is 43.3 Å². The van der Waals surface area contributed by atoms with E-state index < -0.39 is 0 Å². The number of hydrogen-bond donors (Lipinski definition) is 1. The Bertz CT molecular complexity index is 1240. The number of carbonyl (C=O) groups excluding carboxylic acids is 1. The van der Waals surface area contributed by atoms with Crippen LogP contribution in [-0.2, 0) is 19.6 Å². The van der Waals surface area contributed by atoms with Crippen molar-refractivity contribution < 1.29 is 13.9 Å². The smallest absolute Gasteiger partial charge is 0.256 e. The molecule has 4 aromatic rings. The van der Waals surface area contributed by atoms with Crippen LogP contribution < -0.4 is 10.1 Å². The number of ether oxygens (including phenoxy) is 1. The van der Waals surface area contributed by atoms with Gasteiger partial charge in [0, 0.05) is 11.8 Å². The van der Waals surface area contributed by atoms with E-state index in [-0.39, 0.29) is 11.7 Å². The minimum Gasteiger partial charge on any atom is -0.489 e. The normalized spacial score (nSPS) is 10.8. The molecule has 4 rings (SSSR count). The second-order valence-electron chi connectivity index (χ2n) is 7.59. The van der Waals surface area contributed by atoms with E-state index in [1.54, 1.807) is 35.1 Å². The van der Waals surface area contributed by atoms with Crippen LogP contribution in [0.4, 0.5) is 10.2 Å². The number of nitrogens with one attached hydrogen (secondary N) is 1. The van der Waals surface area contributed by atoms with E-state index >= 15 is 0 Å². The van der Waals surface area contributed by atoms with Crippen molar-refractivity contribution in [1.82, 2.24) is 9.78 Å². The molecule has 0 saturated carbocycles. The lowest BCUT2D eigenvalue weighted by molar-refractivity contribution is 0.102. The number of rotatable bonds is 8. The highest BCUT2D eigenvalue weighted by Gasteiger charge is 2.13. The van der Waals surface area contributed by atoms with E-state index in [9.17, 15) is 9.18 Å². The number of amides is 1. The standard InChI is InChI=1S/C26H23BrFN3O2/c1-2-18-8-12-23(13-9-18)33-17-20-4-3-5-21(14-20)26(32)29-25-24(27)16-31(30-25)15-19-6-10-22(28)11-7-19/h3-14,16H,2,15,17H2,1H3,(H,29,30,32). The van der Waals surface area contributed by atoms with Crippen LogP contribution in [0, 0.1) is 5.82 Å². The van der Waals surface area contributed by atoms with E-state index in [0.717, 1.165) is 23.3 Å². The van der Waals surface area contributed by atoms with Crippen molar-refractivity contribution in [1.29, 1.82) is 0 Å². The predicted octanol–water partition coefficient (Wildman–Crippen LogP) is 6.23. The van der Waals surface area contributed by atoms with Crippen LogP contribution in [0.5, 0.6) is 5.75 Å². The molecule has 1 amide bonds. The van der Waals surface area contributed by atoms with Crippen molar-refractivity contribution >= 4 is 27.7 Å². The minimum absolute atomic E-state index is 0.267. The van der Waals surface area contributed by atoms with Gasteiger partial charge in [-0.3, -0.25) is 9.48 Å². The Morgan fingerprint density at radius 3 is 2.48 bits per heavy atom. The highest BCUT2D eigenvalue weighted by molar-refractivity contribution is 9.10. The van der Waals surface area contributed by atoms with Crippen LogP contribution >= 0.6 is 15.9 Å². The lowest BCUT2D eigenvalue weighted by Crippen LogP contribution is -2.13. The maximum absolute atomic E-state index is 13.1. The van der Waals surface area contributed by atoms with Gasteiger partial charge in [-0.05, 0) is 75.4 Å². The third kappa shape index (κ3) is 6.08. The van der Waals surface area contributed by atoms with E-state index in [1.807, 2.05) is 36.4 Å². The van der Waals surface area contributed by atoms with Crippen LogP contribution in [0.15, 0.2) is 83.5 Å². The molecular formula is C26H23BrFN3O2. The minimum atomic E-state index is -0.282. The highest BCUT2D eigenvalue weighted by atomic mass is 79.9. The molecule has 0 atom stereocenters. The zero-order chi connectivity index (χ0) is 23.2. The fraction of sp³-hybridized carbons (Fsp3) is 0.154. The fourth-order valence-corrected chi connectivity index (χ4v) is 3.72. The molecule has 7 heteroatoms. The summed E-state index contributed by atoms with van der Waals surface area (Å²) in [5.74, 6) is 0.657. The number of nitrogens with zero attached hydrogens (tertiary/aromatic N) is 2. The summed E-state index contributed by atoms with van der Waals surface area (Å²) >= 11 is 3.44. The van der Waals surface area contributed by atoms with E-state index in [1.165, 1.54) is 17.7 Å². The van der Waals surface area contributed by atoms with Crippen molar-refractivity contribution in [3.63, 3.8) is 0 Å². The number of aryl methyl sites for hydroxylation is 1. The largest absolute Gasteiger partial charge is 0.489 e. The van der Waals surface area contributed by atoms with Gasteiger partial charge in [-0.25, -0.2) is 4.39 Å². The predicted molar refractivity (Wildman–Crippen MR) is 130 cm³/mol. The van der Waals surface area contributed by atoms with Gasteiger partial charge in [-0.15, -0.1) is 0 Å². The molecule has 0 aliphatic rings. The molecular weight excluding hydrogens is 485 g/mol. The maximum atomic E-state index is 13.1. The van der Waals surface area contributed by atoms with Crippen molar-refractivity contribution in [3.05, 3.63) is 112 Å². The quantitative estimate of drug-likeness (QED) is 0.307. The summed E-state index contributed by atoms with van der Waals surface area (Å²) in [6.07, 6.45) is 2.76. The molecule has 3 aromatic carbocycles. The van der Waals surface area contributed by atoms with Gasteiger partial charge in [0.25, 0.3) is 5.91 Å². The van der Waals surface area contributed by atoms with Crippen LogP contribution in [-0.4, -0.2) is 15.7 Å². The van der Waals surface area contributed by atoms with Gasteiger partial charge in [0.05, 0.1) is 11.0 Å². The Morgan fingerprint density at radius 2 is 1.76 bits per heavy atom. The number of aromatic nitrogens is 2. The molecule has 0 aliphatic carbocycles. The summed E-state index contributed by atoms with van der Waals surface area (Å²) in [7, 11) is 0. The lowest BCUT2D eigenvalue weighted by atomic mass is 10.1. The first-order chi connectivity index (χ1) is 16.0. The number of anilines is 1. The first-order valence-electron chi connectivity index (χ1n) is 10.6. The van der Waals surface area contributed by atoms with E-state index in [0.29, 0.717) is 29.0 Å². The van der Waals surface area contributed by atoms with Crippen molar-refractivity contribution in [3.8, 4) is 5.75 Å². The zero-order valence-electron chi connectivity index (χ0n) is 18.1. The van der Waals surface area contributed by atoms with Gasteiger partial charge in [0.15, 0.2) is 5.82 Å². The lowest BCUT2D eigenvalue weighted by Gasteiger charge is -2.09. The van der Waals surface area contributed by atoms with Crippen LogP contribution in [0.2, 0.25) is 0 Å². The Labute approximate surface area is 200 Å². The highest BCUT2D eigenvalue weighted by Crippen LogP contribution is 2.22. The first kappa shape index (κ1) is 22.7. The SMILES string of the molecule is CCc1ccc(OCc2cccc(C(=O)Nc3nn(Cc4ccc(F)cc4)cc3Br)c2)cc1. The Hall–Kier alpha value is -3.45. The maximum Gasteiger partial charge on any atom is 0.256 e. The molecule has 1 heterocycles. The molecule has 0 bridgehead atoms. The number of hydrogen-bond acceptors (Lipinski definition) is 3. The van der Waals surface area contributed by atoms with Gasteiger partial charge < -0.3 is 10.1 Å². The molecule has 0 saturated heterocycles. The monoisotopic (exact) mass is 507 g/mol. The molecule has 5 nitrogen and oxygen atoms in total. The van der Waals surface area contributed by atoms with Crippen molar-refractivity contribution in [2.75, 3.05) is 5.32 Å². The third-order valence-corrected chi connectivity index (χ3v) is 5.71. The van der Waals surface area contributed by atoms with E-state index in [2.05, 4.69) is 33.3 Å². The molecule has 0 unspecified atom stereocenters. The van der Waals surface area contributed by atoms with E-state index in [4.69, 9.17) is 4.74 Å². The average molecular weight is 508 g/mol. The van der Waals surface area contributed by atoms with Gasteiger partial charge in [0.2, 0.25) is 0 Å². The molecule has 0 spiro atoms. The summed E-state index contributed by atoms with van der Waals surface area (Å²) < 4.78 is 21.3. The van der Waals surface area contributed by atoms with Crippen LogP contribution in [0.3, 0.4) is 0 Å². The summed E-state index contributed by atoms with van der Waals surface area (Å²) in [4.78, 5) is 12.8. The summed E-state index contributed by atoms with van der Waals surface area (Å²) in [6.45, 7) is 2.93. The molecule has 33 heavy (non-hydrogen) atoms. The zero-order valence-corrected chi connectivity index (χ0v) is 19.7. The fourth-order valence-electron chi connectivity index (χ4n) is 3.31. The number of halogens is 2. The van der Waals surface area contributed by atoms with Gasteiger partial charge in [0.1, 0.15) is 18.2 Å². The third-order valence-electron chi connectivity index (χ3n) is 5.13. The Kier molecular flexibility index (Phi) is 7.19. The second-order valence-corrected chi connectivity index (χ2v) is 8.44. The average Bonchev–Trinajstić information content (AvgIpc) is 3.18. The number of benzene rings is 3. The van der Waals surface area contributed by atoms with Gasteiger partial charge in [-0.2, -0.15) is 5.10 Å². The van der Waals surface area contributed by atoms with Crippen LogP contribution in [0.25, 0.3) is 0 Å². The Morgan fingerprint density at radius 1 is 1.03 bits per heavy atom. The molecule has 1 N–H and O–H groups in total. The summed E-state index contributed by atoms with van der Waals surface area (Å²) in [6, 6.07) is 21.5. The van der Waals surface area contributed by atoms with Crippen molar-refractivity contribution in [2.45, 2.75) is 26.5 Å². The summed E-state index contributed by atoms with van der Waals surface area (Å²) in [5.41, 5.74) is 3.56. The Balaban J connectivity index is 1.39. The first-order valence-corrected chi connectivity index (χ1v) is 11.4. The molecule has 0 aliphatic heterocycles. The topological polar surface area (TPSA) is 56.1 Å². The summed E-state index contributed by atoms with van der Waals surface area (Å²) in [5, 5.41) is 7.26. The molecule has 168 valence electrons. The molecule has 0 radical (unpaired) electrons. The van der Waals surface area contributed by atoms with Crippen molar-refractivity contribution in [2.24, 2.45) is 0 Å². The molecule has 1 aromatic heterocycles. The number of carbonyl (C=O) groups is 1. The second kappa shape index (κ2) is 10.4. The van der Waals surface area contributed by atoms with Crippen LogP contribution in [0.1, 0.15) is 34.0 Å². The molecule has 0 fully saturated rings. The van der Waals surface area contributed by atoms with Gasteiger partial charge >= 0.3 is 0 Å².